The van der Waals surface area contributed by atoms with E-state index in [1.165, 1.54) is 37.7 Å². The van der Waals surface area contributed by atoms with E-state index in [1.54, 1.807) is 0 Å². The number of aromatic nitrogens is 4. The molecular weight excluding hydrogens is 645 g/mol. The second-order valence-electron chi connectivity index (χ2n) is 13.6. The summed E-state index contributed by atoms with van der Waals surface area (Å²) in [5.41, 5.74) is 6.14. The zero-order valence-corrected chi connectivity index (χ0v) is 28.6. The highest BCUT2D eigenvalue weighted by molar-refractivity contribution is 6.20. The van der Waals surface area contributed by atoms with E-state index in [-0.39, 0.29) is 0 Å². The number of fused-ring (bicyclic) bond motifs is 9. The smallest absolute Gasteiger partial charge is 0.166 e. The van der Waals surface area contributed by atoms with E-state index in [0.717, 1.165) is 49.6 Å². The molecule has 246 valence electrons. The van der Waals surface area contributed by atoms with E-state index in [9.17, 15) is 0 Å². The van der Waals surface area contributed by atoms with Crippen LogP contribution in [0.5, 0.6) is 0 Å². The number of benzene rings is 9. The van der Waals surface area contributed by atoms with Crippen LogP contribution in [-0.2, 0) is 0 Å². The molecule has 4 nitrogen and oxygen atoms in total. The Kier molecular flexibility index (Phi) is 6.52. The van der Waals surface area contributed by atoms with E-state index in [0.29, 0.717) is 17.5 Å². The Morgan fingerprint density at radius 2 is 0.830 bits per heavy atom. The van der Waals surface area contributed by atoms with E-state index < -0.39 is 0 Å². The largest absolute Gasteiger partial charge is 0.308 e. The zero-order chi connectivity index (χ0) is 34.9. The van der Waals surface area contributed by atoms with Crippen molar-refractivity contribution in [2.24, 2.45) is 0 Å². The third-order valence-electron chi connectivity index (χ3n) is 10.6. The Labute approximate surface area is 305 Å². The first-order valence-electron chi connectivity index (χ1n) is 18.0. The minimum absolute atomic E-state index is 0.626. The Hall–Kier alpha value is -7.17. The maximum absolute atomic E-state index is 5.32. The number of para-hydroxylation sites is 2. The molecule has 0 saturated carbocycles. The molecule has 0 atom stereocenters. The molecule has 0 fully saturated rings. The first-order valence-corrected chi connectivity index (χ1v) is 18.0. The van der Waals surface area contributed by atoms with E-state index in [4.69, 9.17) is 15.0 Å². The van der Waals surface area contributed by atoms with Gasteiger partial charge in [-0.3, -0.25) is 0 Å². The van der Waals surface area contributed by atoms with Crippen molar-refractivity contribution < 1.29 is 0 Å². The van der Waals surface area contributed by atoms with Gasteiger partial charge >= 0.3 is 0 Å². The van der Waals surface area contributed by atoms with Gasteiger partial charge < -0.3 is 4.57 Å². The standard InChI is InChI=1S/C49H30N4/c1-2-14-34(15-3-1)47-50-48(36-27-28-38-35(30-36)25-24-33-23-22-31-12-4-6-16-37(31)45(33)38)52-49(51-47)42-29-26-32-13-5-7-17-39(32)46(42)53-43-20-10-8-18-40(43)41-19-9-11-21-44(41)53/h1-30H. The summed E-state index contributed by atoms with van der Waals surface area (Å²) < 4.78 is 2.39. The Balaban J connectivity index is 1.19. The van der Waals surface area contributed by atoms with Crippen LogP contribution in [0.25, 0.3) is 105 Å². The summed E-state index contributed by atoms with van der Waals surface area (Å²) in [5, 5.41) is 12.0. The van der Waals surface area contributed by atoms with Crippen molar-refractivity contribution in [1.82, 2.24) is 19.5 Å². The van der Waals surface area contributed by atoms with Crippen LogP contribution in [0.2, 0.25) is 0 Å². The van der Waals surface area contributed by atoms with Crippen molar-refractivity contribution in [3.05, 3.63) is 182 Å². The molecule has 0 N–H and O–H groups in total. The molecular formula is C49H30N4. The van der Waals surface area contributed by atoms with Crippen molar-refractivity contribution in [2.75, 3.05) is 0 Å². The SMILES string of the molecule is c1ccc(-c2nc(-c3ccc4c(ccc5ccc6ccccc6c54)c3)nc(-c3ccc4ccccc4c3-n3c4ccccc4c4ccccc43)n2)cc1. The molecule has 2 aromatic heterocycles. The highest BCUT2D eigenvalue weighted by Crippen LogP contribution is 2.40. The normalized spacial score (nSPS) is 11.8. The second-order valence-corrected chi connectivity index (χ2v) is 13.6. The van der Waals surface area contributed by atoms with Crippen molar-refractivity contribution in [3.63, 3.8) is 0 Å². The molecule has 0 aliphatic carbocycles. The van der Waals surface area contributed by atoms with Gasteiger partial charge in [-0.05, 0) is 62.0 Å². The first-order chi connectivity index (χ1) is 26.3. The number of hydrogen-bond donors (Lipinski definition) is 0. The molecule has 0 aliphatic rings. The van der Waals surface area contributed by atoms with Crippen LogP contribution in [0.4, 0.5) is 0 Å². The van der Waals surface area contributed by atoms with Crippen LogP contribution in [0.1, 0.15) is 0 Å². The average molecular weight is 675 g/mol. The van der Waals surface area contributed by atoms with Crippen LogP contribution in [0.3, 0.4) is 0 Å². The van der Waals surface area contributed by atoms with Gasteiger partial charge in [0.1, 0.15) is 0 Å². The Morgan fingerprint density at radius 3 is 1.57 bits per heavy atom. The lowest BCUT2D eigenvalue weighted by atomic mass is 9.95. The quantitative estimate of drug-likeness (QED) is 0.175. The average Bonchev–Trinajstić information content (AvgIpc) is 3.57. The fourth-order valence-corrected chi connectivity index (χ4v) is 8.16. The second kappa shape index (κ2) is 11.7. The lowest BCUT2D eigenvalue weighted by Crippen LogP contribution is -2.04. The fourth-order valence-electron chi connectivity index (χ4n) is 8.16. The molecule has 0 spiro atoms. The van der Waals surface area contributed by atoms with Crippen molar-refractivity contribution in [2.45, 2.75) is 0 Å². The summed E-state index contributed by atoms with van der Waals surface area (Å²) >= 11 is 0. The van der Waals surface area contributed by atoms with Crippen LogP contribution in [0.15, 0.2) is 182 Å². The van der Waals surface area contributed by atoms with Crippen LogP contribution < -0.4 is 0 Å². The number of rotatable bonds is 4. The highest BCUT2D eigenvalue weighted by Gasteiger charge is 2.21. The molecule has 0 saturated heterocycles. The first kappa shape index (κ1) is 29.5. The molecule has 11 rings (SSSR count). The Bertz CT molecular complexity index is 3180. The van der Waals surface area contributed by atoms with Crippen LogP contribution in [-0.4, -0.2) is 19.5 Å². The molecule has 0 unspecified atom stereocenters. The summed E-state index contributed by atoms with van der Waals surface area (Å²) in [6.45, 7) is 0. The molecule has 4 heteroatoms. The molecule has 0 aliphatic heterocycles. The van der Waals surface area contributed by atoms with Crippen molar-refractivity contribution in [1.29, 1.82) is 0 Å². The van der Waals surface area contributed by atoms with E-state index in [1.807, 2.05) is 18.2 Å². The lowest BCUT2D eigenvalue weighted by molar-refractivity contribution is 1.07. The zero-order valence-electron chi connectivity index (χ0n) is 28.6. The number of nitrogens with zero attached hydrogens (tertiary/aromatic N) is 4. The number of hydrogen-bond acceptors (Lipinski definition) is 3. The minimum atomic E-state index is 0.626. The van der Waals surface area contributed by atoms with Crippen molar-refractivity contribution in [3.8, 4) is 39.9 Å². The maximum Gasteiger partial charge on any atom is 0.166 e. The van der Waals surface area contributed by atoms with Crippen LogP contribution >= 0.6 is 0 Å². The van der Waals surface area contributed by atoms with E-state index in [2.05, 4.69) is 168 Å². The third-order valence-corrected chi connectivity index (χ3v) is 10.6. The fraction of sp³-hybridized carbons (Fsp3) is 0. The molecule has 11 aromatic rings. The highest BCUT2D eigenvalue weighted by atomic mass is 15.1. The molecule has 0 radical (unpaired) electrons. The molecule has 53 heavy (non-hydrogen) atoms. The third kappa shape index (κ3) is 4.66. The summed E-state index contributed by atoms with van der Waals surface area (Å²) in [4.78, 5) is 15.7. The van der Waals surface area contributed by atoms with E-state index >= 15 is 0 Å². The van der Waals surface area contributed by atoms with Gasteiger partial charge in [0.2, 0.25) is 0 Å². The summed E-state index contributed by atoms with van der Waals surface area (Å²) in [6, 6.07) is 64.5. The van der Waals surface area contributed by atoms with Gasteiger partial charge in [-0.1, -0.05) is 158 Å². The monoisotopic (exact) mass is 674 g/mol. The van der Waals surface area contributed by atoms with Gasteiger partial charge in [-0.25, -0.2) is 15.0 Å². The van der Waals surface area contributed by atoms with Gasteiger partial charge in [-0.15, -0.1) is 0 Å². The minimum Gasteiger partial charge on any atom is -0.308 e. The lowest BCUT2D eigenvalue weighted by Gasteiger charge is -2.17. The van der Waals surface area contributed by atoms with Gasteiger partial charge in [0.05, 0.1) is 16.7 Å². The van der Waals surface area contributed by atoms with Gasteiger partial charge in [-0.2, -0.15) is 0 Å². The predicted molar refractivity (Wildman–Crippen MR) is 220 cm³/mol. The van der Waals surface area contributed by atoms with Crippen LogP contribution in [0, 0.1) is 0 Å². The maximum atomic E-state index is 5.32. The summed E-state index contributed by atoms with van der Waals surface area (Å²) in [7, 11) is 0. The molecule has 0 bridgehead atoms. The van der Waals surface area contributed by atoms with Gasteiger partial charge in [0.15, 0.2) is 17.5 Å². The Morgan fingerprint density at radius 1 is 0.321 bits per heavy atom. The predicted octanol–water partition coefficient (Wildman–Crippen LogP) is 12.6. The van der Waals surface area contributed by atoms with Gasteiger partial charge in [0.25, 0.3) is 0 Å². The van der Waals surface area contributed by atoms with Gasteiger partial charge in [0, 0.05) is 32.8 Å². The molecule has 0 amide bonds. The summed E-state index contributed by atoms with van der Waals surface area (Å²) in [6.07, 6.45) is 0. The summed E-state index contributed by atoms with van der Waals surface area (Å²) in [5.74, 6) is 1.90. The topological polar surface area (TPSA) is 43.6 Å². The van der Waals surface area contributed by atoms with Crippen molar-refractivity contribution >= 4 is 64.9 Å². The molecule has 9 aromatic carbocycles. The molecule has 2 heterocycles.